The normalized spacial score (nSPS) is 18.1. The number of rotatable bonds is 3. The predicted octanol–water partition coefficient (Wildman–Crippen LogP) is 3.81. The van der Waals surface area contributed by atoms with Crippen LogP contribution in [0.25, 0.3) is 10.7 Å². The van der Waals surface area contributed by atoms with Crippen molar-refractivity contribution in [2.75, 3.05) is 6.54 Å². The number of hydrogen-bond donors (Lipinski definition) is 1. The minimum atomic E-state index is 0.487. The molecule has 0 aromatic carbocycles. The van der Waals surface area contributed by atoms with Crippen molar-refractivity contribution in [1.82, 2.24) is 15.3 Å². The summed E-state index contributed by atoms with van der Waals surface area (Å²) in [5.74, 6) is 0. The van der Waals surface area contributed by atoms with Gasteiger partial charge in [-0.3, -0.25) is 4.98 Å². The first-order chi connectivity index (χ1) is 9.69. The molecule has 0 aliphatic heterocycles. The van der Waals surface area contributed by atoms with E-state index in [9.17, 15) is 0 Å². The van der Waals surface area contributed by atoms with Gasteiger partial charge >= 0.3 is 0 Å². The van der Waals surface area contributed by atoms with E-state index in [0.29, 0.717) is 6.04 Å². The van der Waals surface area contributed by atoms with Gasteiger partial charge in [0.05, 0.1) is 5.69 Å². The minimum absolute atomic E-state index is 0.487. The highest BCUT2D eigenvalue weighted by Gasteiger charge is 2.24. The Morgan fingerprint density at radius 2 is 2.25 bits per heavy atom. The first-order valence-electron chi connectivity index (χ1n) is 7.35. The number of hydrogen-bond acceptors (Lipinski definition) is 4. The molecule has 1 unspecified atom stereocenters. The van der Waals surface area contributed by atoms with Gasteiger partial charge in [-0.1, -0.05) is 13.0 Å². The molecule has 1 aliphatic rings. The number of fused-ring (bicyclic) bond motifs is 1. The summed E-state index contributed by atoms with van der Waals surface area (Å²) < 4.78 is 0. The van der Waals surface area contributed by atoms with Gasteiger partial charge < -0.3 is 5.32 Å². The summed E-state index contributed by atoms with van der Waals surface area (Å²) in [7, 11) is 0. The van der Waals surface area contributed by atoms with Gasteiger partial charge in [-0.05, 0) is 50.8 Å². The van der Waals surface area contributed by atoms with Crippen molar-refractivity contribution in [1.29, 1.82) is 0 Å². The lowest BCUT2D eigenvalue weighted by molar-refractivity contribution is 0.476. The largest absolute Gasteiger partial charge is 0.309 e. The lowest BCUT2D eigenvalue weighted by Gasteiger charge is -2.21. The summed E-state index contributed by atoms with van der Waals surface area (Å²) >= 11 is 1.82. The van der Waals surface area contributed by atoms with Crippen molar-refractivity contribution in [3.8, 4) is 10.7 Å². The molecule has 1 aliphatic carbocycles. The summed E-state index contributed by atoms with van der Waals surface area (Å²) in [5, 5.41) is 4.66. The fraction of sp³-hybridized carbons (Fsp3) is 0.500. The molecule has 0 saturated heterocycles. The van der Waals surface area contributed by atoms with Crippen LogP contribution in [0, 0.1) is 13.8 Å². The van der Waals surface area contributed by atoms with Crippen molar-refractivity contribution < 1.29 is 0 Å². The van der Waals surface area contributed by atoms with Crippen LogP contribution in [-0.2, 0) is 6.42 Å². The van der Waals surface area contributed by atoms with Crippen molar-refractivity contribution >= 4 is 11.3 Å². The van der Waals surface area contributed by atoms with Crippen LogP contribution in [0.3, 0.4) is 0 Å². The van der Waals surface area contributed by atoms with E-state index in [4.69, 9.17) is 4.98 Å². The van der Waals surface area contributed by atoms with Gasteiger partial charge in [0, 0.05) is 17.1 Å². The van der Waals surface area contributed by atoms with E-state index in [2.05, 4.69) is 37.1 Å². The van der Waals surface area contributed by atoms with E-state index in [0.717, 1.165) is 23.7 Å². The molecule has 0 radical (unpaired) electrons. The Morgan fingerprint density at radius 1 is 1.40 bits per heavy atom. The number of nitrogens with one attached hydrogen (secondary N) is 1. The highest BCUT2D eigenvalue weighted by Crippen LogP contribution is 2.38. The lowest BCUT2D eigenvalue weighted by Crippen LogP contribution is -2.23. The zero-order valence-corrected chi connectivity index (χ0v) is 13.2. The average Bonchev–Trinajstić information content (AvgIpc) is 2.83. The number of nitrogens with zero attached hydrogens (tertiary/aromatic N) is 2. The van der Waals surface area contributed by atoms with Gasteiger partial charge in [0.15, 0.2) is 0 Å². The van der Waals surface area contributed by atoms with Crippen LogP contribution in [0.1, 0.15) is 47.5 Å². The van der Waals surface area contributed by atoms with E-state index in [-0.39, 0.29) is 0 Å². The molecule has 2 aromatic rings. The van der Waals surface area contributed by atoms with Crippen LogP contribution in [0.4, 0.5) is 0 Å². The third-order valence-electron chi connectivity index (χ3n) is 3.82. The molecule has 1 N–H and O–H groups in total. The zero-order valence-electron chi connectivity index (χ0n) is 12.4. The van der Waals surface area contributed by atoms with Crippen LogP contribution in [0.2, 0.25) is 0 Å². The van der Waals surface area contributed by atoms with E-state index in [1.165, 1.54) is 34.5 Å². The van der Waals surface area contributed by atoms with Crippen molar-refractivity contribution in [2.24, 2.45) is 0 Å². The standard InChI is InChI=1S/C16H21N3S/c1-4-17-12-6-5-7-13-15(12)20-16(19-13)14-11(3)8-10(2)9-18-14/h8-9,12,17H,4-7H2,1-3H3. The SMILES string of the molecule is CCNC1CCCc2nc(-c3ncc(C)cc3C)sc21. The number of aryl methyl sites for hydroxylation is 3. The summed E-state index contributed by atoms with van der Waals surface area (Å²) in [6, 6.07) is 2.67. The van der Waals surface area contributed by atoms with Crippen LogP contribution < -0.4 is 5.32 Å². The first-order valence-corrected chi connectivity index (χ1v) is 8.17. The Bertz CT molecular complexity index is 618. The number of pyridine rings is 1. The van der Waals surface area contributed by atoms with Crippen LogP contribution in [-0.4, -0.2) is 16.5 Å². The molecule has 3 rings (SSSR count). The minimum Gasteiger partial charge on any atom is -0.309 e. The van der Waals surface area contributed by atoms with Gasteiger partial charge in [-0.25, -0.2) is 4.98 Å². The van der Waals surface area contributed by atoms with Crippen molar-refractivity contribution in [3.05, 3.63) is 34.0 Å². The van der Waals surface area contributed by atoms with E-state index >= 15 is 0 Å². The van der Waals surface area contributed by atoms with E-state index in [1.807, 2.05) is 17.5 Å². The molecular formula is C16H21N3S. The first kappa shape index (κ1) is 13.7. The van der Waals surface area contributed by atoms with Gasteiger partial charge in [0.25, 0.3) is 0 Å². The van der Waals surface area contributed by atoms with Gasteiger partial charge in [-0.2, -0.15) is 0 Å². The zero-order chi connectivity index (χ0) is 14.1. The fourth-order valence-electron chi connectivity index (χ4n) is 2.90. The highest BCUT2D eigenvalue weighted by molar-refractivity contribution is 7.15. The molecule has 0 saturated carbocycles. The molecule has 3 nitrogen and oxygen atoms in total. The van der Waals surface area contributed by atoms with Crippen LogP contribution in [0.5, 0.6) is 0 Å². The molecule has 2 aromatic heterocycles. The predicted molar refractivity (Wildman–Crippen MR) is 84.2 cm³/mol. The Balaban J connectivity index is 2.00. The second-order valence-electron chi connectivity index (χ2n) is 5.51. The second-order valence-corrected chi connectivity index (χ2v) is 6.54. The molecule has 106 valence electrons. The molecule has 0 bridgehead atoms. The molecule has 4 heteroatoms. The maximum absolute atomic E-state index is 4.86. The summed E-state index contributed by atoms with van der Waals surface area (Å²) in [5.41, 5.74) is 4.75. The third-order valence-corrected chi connectivity index (χ3v) is 5.04. The smallest absolute Gasteiger partial charge is 0.142 e. The summed E-state index contributed by atoms with van der Waals surface area (Å²) in [6.45, 7) is 7.39. The van der Waals surface area contributed by atoms with Crippen LogP contribution in [0.15, 0.2) is 12.3 Å². The molecule has 0 spiro atoms. The molecule has 20 heavy (non-hydrogen) atoms. The Kier molecular flexibility index (Phi) is 3.85. The van der Waals surface area contributed by atoms with Crippen molar-refractivity contribution in [3.63, 3.8) is 0 Å². The maximum Gasteiger partial charge on any atom is 0.142 e. The Morgan fingerprint density at radius 3 is 3.00 bits per heavy atom. The molecule has 0 fully saturated rings. The van der Waals surface area contributed by atoms with E-state index in [1.54, 1.807) is 0 Å². The maximum atomic E-state index is 4.86. The molecule has 2 heterocycles. The number of thiazole rings is 1. The second kappa shape index (κ2) is 5.62. The monoisotopic (exact) mass is 287 g/mol. The lowest BCUT2D eigenvalue weighted by atomic mass is 9.98. The Hall–Kier alpha value is -1.26. The highest BCUT2D eigenvalue weighted by atomic mass is 32.1. The third kappa shape index (κ3) is 2.50. The molecular weight excluding hydrogens is 266 g/mol. The quantitative estimate of drug-likeness (QED) is 0.933. The van der Waals surface area contributed by atoms with Gasteiger partial charge in [-0.15, -0.1) is 11.3 Å². The fourth-order valence-corrected chi connectivity index (χ4v) is 4.18. The van der Waals surface area contributed by atoms with Gasteiger partial charge in [0.2, 0.25) is 0 Å². The summed E-state index contributed by atoms with van der Waals surface area (Å²) in [6.07, 6.45) is 5.50. The molecule has 1 atom stereocenters. The topological polar surface area (TPSA) is 37.8 Å². The van der Waals surface area contributed by atoms with E-state index < -0.39 is 0 Å². The molecule has 0 amide bonds. The van der Waals surface area contributed by atoms with Gasteiger partial charge in [0.1, 0.15) is 10.7 Å². The number of aromatic nitrogens is 2. The Labute approximate surface area is 124 Å². The average molecular weight is 287 g/mol. The van der Waals surface area contributed by atoms with Crippen molar-refractivity contribution in [2.45, 2.75) is 46.1 Å². The van der Waals surface area contributed by atoms with Crippen LogP contribution >= 0.6 is 11.3 Å². The summed E-state index contributed by atoms with van der Waals surface area (Å²) in [4.78, 5) is 10.9.